The van der Waals surface area contributed by atoms with Gasteiger partial charge in [0.1, 0.15) is 0 Å². The molecule has 3 rings (SSSR count). The molecule has 1 aromatic rings. The van der Waals surface area contributed by atoms with Crippen molar-refractivity contribution >= 4 is 23.1 Å². The summed E-state index contributed by atoms with van der Waals surface area (Å²) in [6.45, 7) is 1.52. The SMILES string of the molecule is CC(=O)NC1=CC=C(c2ccc(NC(=O)C3=CC=CCC3)cc2)CC1. The fourth-order valence-corrected chi connectivity index (χ4v) is 2.98. The molecular weight excluding hydrogens is 312 g/mol. The molecule has 0 heterocycles. The highest BCUT2D eigenvalue weighted by Crippen LogP contribution is 2.27. The highest BCUT2D eigenvalue weighted by molar-refractivity contribution is 6.04. The van der Waals surface area contributed by atoms with E-state index in [-0.39, 0.29) is 11.8 Å². The summed E-state index contributed by atoms with van der Waals surface area (Å²) in [5.41, 5.74) is 4.94. The Morgan fingerprint density at radius 1 is 0.920 bits per heavy atom. The molecule has 0 saturated carbocycles. The highest BCUT2D eigenvalue weighted by Gasteiger charge is 2.12. The van der Waals surface area contributed by atoms with E-state index in [1.807, 2.05) is 48.6 Å². The van der Waals surface area contributed by atoms with Crippen LogP contribution in [0.4, 0.5) is 5.69 Å². The van der Waals surface area contributed by atoms with E-state index in [0.29, 0.717) is 0 Å². The zero-order valence-corrected chi connectivity index (χ0v) is 14.3. The van der Waals surface area contributed by atoms with Crippen LogP contribution in [-0.2, 0) is 9.59 Å². The van der Waals surface area contributed by atoms with Crippen LogP contribution >= 0.6 is 0 Å². The van der Waals surface area contributed by atoms with Crippen molar-refractivity contribution in [3.05, 3.63) is 71.5 Å². The zero-order chi connectivity index (χ0) is 17.6. The molecule has 2 N–H and O–H groups in total. The molecule has 2 aliphatic carbocycles. The molecule has 128 valence electrons. The van der Waals surface area contributed by atoms with E-state index in [4.69, 9.17) is 0 Å². The van der Waals surface area contributed by atoms with Crippen LogP contribution < -0.4 is 10.6 Å². The van der Waals surface area contributed by atoms with Crippen molar-refractivity contribution < 1.29 is 9.59 Å². The Bertz CT molecular complexity index is 796. The van der Waals surface area contributed by atoms with Gasteiger partial charge in [-0.1, -0.05) is 36.4 Å². The number of benzene rings is 1. The number of hydrogen-bond acceptors (Lipinski definition) is 2. The molecule has 2 amide bonds. The third-order valence-corrected chi connectivity index (χ3v) is 4.31. The van der Waals surface area contributed by atoms with E-state index in [1.165, 1.54) is 12.5 Å². The number of rotatable bonds is 4. The summed E-state index contributed by atoms with van der Waals surface area (Å²) in [6, 6.07) is 7.91. The summed E-state index contributed by atoms with van der Waals surface area (Å²) in [6.07, 6.45) is 13.3. The van der Waals surface area contributed by atoms with Crippen molar-refractivity contribution in [2.45, 2.75) is 32.6 Å². The summed E-state index contributed by atoms with van der Waals surface area (Å²) in [5.74, 6) is -0.0661. The minimum Gasteiger partial charge on any atom is -0.330 e. The average molecular weight is 334 g/mol. The van der Waals surface area contributed by atoms with Crippen molar-refractivity contribution in [1.29, 1.82) is 0 Å². The quantitative estimate of drug-likeness (QED) is 0.871. The van der Waals surface area contributed by atoms with Gasteiger partial charge in [0.2, 0.25) is 5.91 Å². The normalized spacial score (nSPS) is 16.4. The molecule has 0 fully saturated rings. The van der Waals surface area contributed by atoms with Crippen molar-refractivity contribution in [2.24, 2.45) is 0 Å². The van der Waals surface area contributed by atoms with Gasteiger partial charge in [0.25, 0.3) is 5.91 Å². The summed E-state index contributed by atoms with van der Waals surface area (Å²) >= 11 is 0. The monoisotopic (exact) mass is 334 g/mol. The summed E-state index contributed by atoms with van der Waals surface area (Å²) in [7, 11) is 0. The first-order chi connectivity index (χ1) is 12.1. The number of allylic oxidation sites excluding steroid dienone is 7. The van der Waals surface area contributed by atoms with E-state index >= 15 is 0 Å². The van der Waals surface area contributed by atoms with Gasteiger partial charge in [0.15, 0.2) is 0 Å². The fourth-order valence-electron chi connectivity index (χ4n) is 2.98. The Labute approximate surface area is 148 Å². The second-order valence-electron chi connectivity index (χ2n) is 6.26. The minimum absolute atomic E-state index is 0.0307. The minimum atomic E-state index is -0.0354. The van der Waals surface area contributed by atoms with E-state index < -0.39 is 0 Å². The molecule has 1 aromatic carbocycles. The lowest BCUT2D eigenvalue weighted by Crippen LogP contribution is -2.19. The fraction of sp³-hybridized carbons (Fsp3) is 0.238. The van der Waals surface area contributed by atoms with E-state index in [2.05, 4.69) is 16.7 Å². The van der Waals surface area contributed by atoms with Crippen LogP contribution in [-0.4, -0.2) is 11.8 Å². The number of carbonyl (C=O) groups is 2. The number of hydrogen-bond donors (Lipinski definition) is 2. The predicted octanol–water partition coefficient (Wildman–Crippen LogP) is 4.10. The molecule has 0 bridgehead atoms. The molecule has 4 nitrogen and oxygen atoms in total. The smallest absolute Gasteiger partial charge is 0.251 e. The van der Waals surface area contributed by atoms with Gasteiger partial charge in [-0.05, 0) is 55.0 Å². The van der Waals surface area contributed by atoms with E-state index in [9.17, 15) is 9.59 Å². The average Bonchev–Trinajstić information content (AvgIpc) is 2.63. The topological polar surface area (TPSA) is 58.2 Å². The van der Waals surface area contributed by atoms with Crippen molar-refractivity contribution in [3.63, 3.8) is 0 Å². The maximum atomic E-state index is 12.2. The highest BCUT2D eigenvalue weighted by atomic mass is 16.2. The van der Waals surface area contributed by atoms with Crippen LogP contribution in [0.15, 0.2) is 65.9 Å². The summed E-state index contributed by atoms with van der Waals surface area (Å²) in [4.78, 5) is 23.3. The summed E-state index contributed by atoms with van der Waals surface area (Å²) < 4.78 is 0. The van der Waals surface area contributed by atoms with Gasteiger partial charge >= 0.3 is 0 Å². The molecule has 0 aliphatic heterocycles. The van der Waals surface area contributed by atoms with Crippen LogP contribution in [0.5, 0.6) is 0 Å². The van der Waals surface area contributed by atoms with Gasteiger partial charge in [0, 0.05) is 23.9 Å². The molecule has 0 aromatic heterocycles. The molecule has 0 saturated heterocycles. The lowest BCUT2D eigenvalue weighted by Gasteiger charge is -2.16. The summed E-state index contributed by atoms with van der Waals surface area (Å²) in [5, 5.41) is 5.79. The van der Waals surface area contributed by atoms with Crippen LogP contribution in [0.2, 0.25) is 0 Å². The van der Waals surface area contributed by atoms with Gasteiger partial charge in [0.05, 0.1) is 0 Å². The van der Waals surface area contributed by atoms with Crippen LogP contribution in [0.25, 0.3) is 5.57 Å². The third kappa shape index (κ3) is 4.57. The first-order valence-corrected chi connectivity index (χ1v) is 8.56. The van der Waals surface area contributed by atoms with E-state index in [0.717, 1.165) is 48.2 Å². The maximum absolute atomic E-state index is 12.2. The van der Waals surface area contributed by atoms with Crippen molar-refractivity contribution in [1.82, 2.24) is 5.32 Å². The number of amides is 2. The number of anilines is 1. The molecular formula is C21H22N2O2. The first-order valence-electron chi connectivity index (χ1n) is 8.56. The van der Waals surface area contributed by atoms with Crippen LogP contribution in [0.1, 0.15) is 38.2 Å². The number of carbonyl (C=O) groups excluding carboxylic acids is 2. The third-order valence-electron chi connectivity index (χ3n) is 4.31. The van der Waals surface area contributed by atoms with Gasteiger partial charge in [-0.25, -0.2) is 0 Å². The standard InChI is InChI=1S/C21H22N2O2/c1-15(24)22-19-11-7-16(8-12-19)17-9-13-20(14-10-17)23-21(25)18-5-3-2-4-6-18/h2-3,5,7,9-11,13-14H,4,6,8,12H2,1H3,(H,22,24)(H,23,25). The van der Waals surface area contributed by atoms with Crippen molar-refractivity contribution in [2.75, 3.05) is 5.32 Å². The Kier molecular flexibility index (Phi) is 5.29. The van der Waals surface area contributed by atoms with Gasteiger partial charge < -0.3 is 10.6 Å². The van der Waals surface area contributed by atoms with Crippen LogP contribution in [0, 0.1) is 0 Å². The van der Waals surface area contributed by atoms with Crippen LogP contribution in [0.3, 0.4) is 0 Å². The molecule has 0 atom stereocenters. The second kappa shape index (κ2) is 7.79. The second-order valence-corrected chi connectivity index (χ2v) is 6.26. The Morgan fingerprint density at radius 3 is 2.32 bits per heavy atom. The van der Waals surface area contributed by atoms with Crippen molar-refractivity contribution in [3.8, 4) is 0 Å². The zero-order valence-electron chi connectivity index (χ0n) is 14.3. The Balaban J connectivity index is 1.64. The van der Waals surface area contributed by atoms with Gasteiger partial charge in [-0.3, -0.25) is 9.59 Å². The first kappa shape index (κ1) is 17.0. The Hall–Kier alpha value is -2.88. The largest absolute Gasteiger partial charge is 0.330 e. The molecule has 0 unspecified atom stereocenters. The van der Waals surface area contributed by atoms with E-state index in [1.54, 1.807) is 0 Å². The molecule has 25 heavy (non-hydrogen) atoms. The molecule has 2 aliphatic rings. The lowest BCUT2D eigenvalue weighted by atomic mass is 9.95. The molecule has 0 spiro atoms. The predicted molar refractivity (Wildman–Crippen MR) is 101 cm³/mol. The number of nitrogens with one attached hydrogen (secondary N) is 2. The maximum Gasteiger partial charge on any atom is 0.251 e. The van der Waals surface area contributed by atoms with Gasteiger partial charge in [-0.2, -0.15) is 0 Å². The van der Waals surface area contributed by atoms with Gasteiger partial charge in [-0.15, -0.1) is 0 Å². The lowest BCUT2D eigenvalue weighted by molar-refractivity contribution is -0.118. The molecule has 4 heteroatoms. The molecule has 0 radical (unpaired) electrons. The Morgan fingerprint density at radius 2 is 1.72 bits per heavy atom.